The molecule has 21 heavy (non-hydrogen) atoms. The Kier molecular flexibility index (Phi) is 5.43. The van der Waals surface area contributed by atoms with Gasteiger partial charge in [-0.15, -0.1) is 0 Å². The molecule has 1 heterocycles. The van der Waals surface area contributed by atoms with Gasteiger partial charge in [-0.05, 0) is 6.07 Å². The summed E-state index contributed by atoms with van der Waals surface area (Å²) in [5, 5.41) is 23.5. The van der Waals surface area contributed by atoms with Crippen molar-refractivity contribution in [3.05, 3.63) is 34.1 Å². The lowest BCUT2D eigenvalue weighted by Crippen LogP contribution is -2.42. The van der Waals surface area contributed by atoms with E-state index in [1.807, 2.05) is 0 Å². The maximum atomic E-state index is 13.2. The van der Waals surface area contributed by atoms with Crippen LogP contribution in [0.3, 0.4) is 0 Å². The largest absolute Gasteiger partial charge is 0.390 e. The second-order valence-electron chi connectivity index (χ2n) is 4.87. The number of ether oxygens (including phenoxy) is 1. The van der Waals surface area contributed by atoms with E-state index in [1.165, 1.54) is 0 Å². The fourth-order valence-electron chi connectivity index (χ4n) is 2.18. The van der Waals surface area contributed by atoms with E-state index in [0.29, 0.717) is 19.8 Å². The molecule has 2 N–H and O–H groups in total. The van der Waals surface area contributed by atoms with Crippen molar-refractivity contribution in [2.24, 2.45) is 0 Å². The van der Waals surface area contributed by atoms with Crippen LogP contribution in [-0.4, -0.2) is 60.4 Å². The normalized spacial score (nSPS) is 17.4. The van der Waals surface area contributed by atoms with Gasteiger partial charge in [-0.25, -0.2) is 4.39 Å². The van der Waals surface area contributed by atoms with Crippen LogP contribution in [0.15, 0.2) is 18.2 Å². The number of nitro benzene ring substituents is 1. The quantitative estimate of drug-likeness (QED) is 0.598. The average Bonchev–Trinajstić information content (AvgIpc) is 2.46. The van der Waals surface area contributed by atoms with E-state index in [2.05, 4.69) is 10.2 Å². The first-order valence-electron chi connectivity index (χ1n) is 6.72. The average molecular weight is 299 g/mol. The van der Waals surface area contributed by atoms with Crippen molar-refractivity contribution in [3.63, 3.8) is 0 Å². The zero-order valence-electron chi connectivity index (χ0n) is 11.5. The van der Waals surface area contributed by atoms with Gasteiger partial charge in [0.15, 0.2) is 0 Å². The zero-order chi connectivity index (χ0) is 15.2. The second kappa shape index (κ2) is 7.30. The first-order chi connectivity index (χ1) is 10.1. The smallest absolute Gasteiger partial charge is 0.292 e. The van der Waals surface area contributed by atoms with E-state index in [9.17, 15) is 19.6 Å². The van der Waals surface area contributed by atoms with Gasteiger partial charge in [-0.1, -0.05) is 0 Å². The number of nitrogens with zero attached hydrogens (tertiary/aromatic N) is 2. The lowest BCUT2D eigenvalue weighted by atomic mass is 10.2. The first-order valence-corrected chi connectivity index (χ1v) is 6.72. The maximum Gasteiger partial charge on any atom is 0.292 e. The fourth-order valence-corrected chi connectivity index (χ4v) is 2.18. The number of aliphatic hydroxyl groups excluding tert-OH is 1. The summed E-state index contributed by atoms with van der Waals surface area (Å²) < 4.78 is 18.4. The number of aliphatic hydroxyl groups is 1. The molecule has 1 unspecified atom stereocenters. The molecule has 1 aliphatic heterocycles. The van der Waals surface area contributed by atoms with Gasteiger partial charge >= 0.3 is 0 Å². The summed E-state index contributed by atoms with van der Waals surface area (Å²) >= 11 is 0. The van der Waals surface area contributed by atoms with Gasteiger partial charge in [0.25, 0.3) is 5.69 Å². The number of nitro groups is 1. The molecule has 0 spiro atoms. The SMILES string of the molecule is O=[N+]([O-])c1ccc(F)cc1NCC(O)CN1CCOCC1. The Morgan fingerprint density at radius 3 is 2.86 bits per heavy atom. The highest BCUT2D eigenvalue weighted by Crippen LogP contribution is 2.24. The van der Waals surface area contributed by atoms with Gasteiger partial charge in [0, 0.05) is 38.3 Å². The summed E-state index contributed by atoms with van der Waals surface area (Å²) in [6.45, 7) is 3.32. The third kappa shape index (κ3) is 4.62. The van der Waals surface area contributed by atoms with Gasteiger partial charge in [0.05, 0.1) is 24.2 Å². The van der Waals surface area contributed by atoms with E-state index in [-0.39, 0.29) is 17.9 Å². The van der Waals surface area contributed by atoms with E-state index < -0.39 is 16.8 Å². The summed E-state index contributed by atoms with van der Waals surface area (Å²) in [5.74, 6) is -0.564. The highest BCUT2D eigenvalue weighted by Gasteiger charge is 2.17. The molecule has 1 saturated heterocycles. The molecular formula is C13H18FN3O4. The van der Waals surface area contributed by atoms with E-state index in [4.69, 9.17) is 4.74 Å². The van der Waals surface area contributed by atoms with Crippen molar-refractivity contribution in [3.8, 4) is 0 Å². The Bertz CT molecular complexity index is 494. The molecule has 1 aromatic carbocycles. The lowest BCUT2D eigenvalue weighted by molar-refractivity contribution is -0.384. The monoisotopic (exact) mass is 299 g/mol. The minimum absolute atomic E-state index is 0.0704. The number of halogens is 1. The molecule has 2 rings (SSSR count). The molecule has 0 amide bonds. The molecule has 0 aromatic heterocycles. The number of hydrogen-bond acceptors (Lipinski definition) is 6. The van der Waals surface area contributed by atoms with Crippen LogP contribution in [0.2, 0.25) is 0 Å². The number of rotatable bonds is 6. The van der Waals surface area contributed by atoms with Crippen molar-refractivity contribution in [2.45, 2.75) is 6.10 Å². The van der Waals surface area contributed by atoms with Crippen molar-refractivity contribution < 1.29 is 19.2 Å². The van der Waals surface area contributed by atoms with Crippen LogP contribution in [0.4, 0.5) is 15.8 Å². The number of morpholine rings is 1. The zero-order valence-corrected chi connectivity index (χ0v) is 11.5. The molecule has 1 atom stereocenters. The molecule has 7 nitrogen and oxygen atoms in total. The molecule has 0 radical (unpaired) electrons. The molecule has 1 aromatic rings. The van der Waals surface area contributed by atoms with Gasteiger partial charge in [-0.2, -0.15) is 0 Å². The molecule has 116 valence electrons. The number of hydrogen-bond donors (Lipinski definition) is 2. The number of nitrogens with one attached hydrogen (secondary N) is 1. The van der Waals surface area contributed by atoms with Crippen molar-refractivity contribution in [1.82, 2.24) is 4.90 Å². The summed E-state index contributed by atoms with van der Waals surface area (Å²) in [5.41, 5.74) is -0.143. The Labute approximate surface area is 121 Å². The standard InChI is InChI=1S/C13H18FN3O4/c14-10-1-2-13(17(19)20)12(7-10)15-8-11(18)9-16-3-5-21-6-4-16/h1-2,7,11,15,18H,3-6,8-9H2. The molecule has 0 bridgehead atoms. The van der Waals surface area contributed by atoms with E-state index in [0.717, 1.165) is 31.3 Å². The molecular weight excluding hydrogens is 281 g/mol. The van der Waals surface area contributed by atoms with Gasteiger partial charge < -0.3 is 15.2 Å². The lowest BCUT2D eigenvalue weighted by Gasteiger charge is -2.28. The Hall–Kier alpha value is -1.77. The summed E-state index contributed by atoms with van der Waals surface area (Å²) in [6.07, 6.45) is -0.703. The molecule has 0 saturated carbocycles. The summed E-state index contributed by atoms with van der Waals surface area (Å²) in [7, 11) is 0. The van der Waals surface area contributed by atoms with Crippen LogP contribution in [-0.2, 0) is 4.74 Å². The van der Waals surface area contributed by atoms with Crippen LogP contribution in [0.5, 0.6) is 0 Å². The Morgan fingerprint density at radius 1 is 1.48 bits per heavy atom. The first kappa shape index (κ1) is 15.6. The van der Waals surface area contributed by atoms with Gasteiger partial charge in [0.1, 0.15) is 11.5 Å². The van der Waals surface area contributed by atoms with Crippen LogP contribution in [0, 0.1) is 15.9 Å². The minimum Gasteiger partial charge on any atom is -0.390 e. The number of anilines is 1. The van der Waals surface area contributed by atoms with Crippen molar-refractivity contribution in [1.29, 1.82) is 0 Å². The van der Waals surface area contributed by atoms with Crippen LogP contribution in [0.1, 0.15) is 0 Å². The van der Waals surface area contributed by atoms with Gasteiger partial charge in [0.2, 0.25) is 0 Å². The fraction of sp³-hybridized carbons (Fsp3) is 0.538. The predicted molar refractivity (Wildman–Crippen MR) is 74.8 cm³/mol. The summed E-state index contributed by atoms with van der Waals surface area (Å²) in [4.78, 5) is 12.3. The maximum absolute atomic E-state index is 13.2. The van der Waals surface area contributed by atoms with Crippen LogP contribution >= 0.6 is 0 Å². The Balaban J connectivity index is 1.89. The third-order valence-electron chi connectivity index (χ3n) is 3.26. The van der Waals surface area contributed by atoms with Crippen LogP contribution in [0.25, 0.3) is 0 Å². The minimum atomic E-state index is -0.703. The second-order valence-corrected chi connectivity index (χ2v) is 4.87. The Morgan fingerprint density at radius 2 is 2.19 bits per heavy atom. The van der Waals surface area contributed by atoms with Gasteiger partial charge in [-0.3, -0.25) is 15.0 Å². The molecule has 1 aliphatic rings. The number of benzene rings is 1. The van der Waals surface area contributed by atoms with E-state index in [1.54, 1.807) is 0 Å². The molecule has 8 heteroatoms. The molecule has 0 aliphatic carbocycles. The number of β-amino-alcohol motifs (C(OH)–C–C–N with tert-alkyl or cyclic N) is 1. The highest BCUT2D eigenvalue weighted by molar-refractivity contribution is 5.61. The topological polar surface area (TPSA) is 87.9 Å². The summed E-state index contributed by atoms with van der Waals surface area (Å²) in [6, 6.07) is 3.19. The van der Waals surface area contributed by atoms with Crippen molar-refractivity contribution >= 4 is 11.4 Å². The highest BCUT2D eigenvalue weighted by atomic mass is 19.1. The predicted octanol–water partition coefficient (Wildman–Crippen LogP) is 0.839. The van der Waals surface area contributed by atoms with Crippen molar-refractivity contribution in [2.75, 3.05) is 44.7 Å². The third-order valence-corrected chi connectivity index (χ3v) is 3.26. The molecule has 1 fully saturated rings. The van der Waals surface area contributed by atoms with E-state index >= 15 is 0 Å². The van der Waals surface area contributed by atoms with Crippen LogP contribution < -0.4 is 5.32 Å².